The third-order valence-corrected chi connectivity index (χ3v) is 1.88. The molecule has 0 aliphatic heterocycles. The van der Waals surface area contributed by atoms with E-state index in [1.54, 1.807) is 7.05 Å². The summed E-state index contributed by atoms with van der Waals surface area (Å²) in [5.74, 6) is 0.551. The van der Waals surface area contributed by atoms with Crippen molar-refractivity contribution in [1.29, 1.82) is 0 Å². The SMILES string of the molecule is CCCCNC(=O)Cc1nnnn1C. The standard InChI is InChI=1S/C8H15N5O/c1-3-4-5-9-8(14)6-7-10-11-12-13(7)2/h3-6H2,1-2H3,(H,9,14). The van der Waals surface area contributed by atoms with Gasteiger partial charge in [-0.2, -0.15) is 0 Å². The van der Waals surface area contributed by atoms with Crippen LogP contribution in [0.15, 0.2) is 0 Å². The highest BCUT2D eigenvalue weighted by atomic mass is 16.1. The van der Waals surface area contributed by atoms with Crippen LogP contribution in [-0.2, 0) is 18.3 Å². The maximum atomic E-state index is 11.3. The molecule has 14 heavy (non-hydrogen) atoms. The largest absolute Gasteiger partial charge is 0.356 e. The van der Waals surface area contributed by atoms with Crippen LogP contribution in [0.2, 0.25) is 0 Å². The lowest BCUT2D eigenvalue weighted by atomic mass is 10.3. The minimum absolute atomic E-state index is 0.0312. The van der Waals surface area contributed by atoms with Crippen LogP contribution in [-0.4, -0.2) is 32.7 Å². The zero-order valence-electron chi connectivity index (χ0n) is 8.53. The van der Waals surface area contributed by atoms with Gasteiger partial charge >= 0.3 is 0 Å². The normalized spacial score (nSPS) is 10.1. The van der Waals surface area contributed by atoms with Crippen molar-refractivity contribution in [1.82, 2.24) is 25.5 Å². The van der Waals surface area contributed by atoms with E-state index in [9.17, 15) is 4.79 Å². The number of aryl methyl sites for hydroxylation is 1. The lowest BCUT2D eigenvalue weighted by molar-refractivity contribution is -0.120. The van der Waals surface area contributed by atoms with Crippen molar-refractivity contribution >= 4 is 5.91 Å². The molecule has 6 heteroatoms. The van der Waals surface area contributed by atoms with Gasteiger partial charge in [0.25, 0.3) is 0 Å². The summed E-state index contributed by atoms with van der Waals surface area (Å²) in [6, 6.07) is 0. The fourth-order valence-corrected chi connectivity index (χ4v) is 1.01. The number of nitrogens with zero attached hydrogens (tertiary/aromatic N) is 4. The van der Waals surface area contributed by atoms with Crippen LogP contribution in [0, 0.1) is 0 Å². The molecule has 1 aromatic rings. The molecule has 1 aromatic heterocycles. The number of aromatic nitrogens is 4. The van der Waals surface area contributed by atoms with Gasteiger partial charge in [-0.15, -0.1) is 5.10 Å². The van der Waals surface area contributed by atoms with Crippen LogP contribution >= 0.6 is 0 Å². The van der Waals surface area contributed by atoms with Crippen LogP contribution in [0.25, 0.3) is 0 Å². The molecule has 0 unspecified atom stereocenters. The fraction of sp³-hybridized carbons (Fsp3) is 0.750. The Kier molecular flexibility index (Phi) is 4.03. The van der Waals surface area contributed by atoms with Gasteiger partial charge in [0.1, 0.15) is 0 Å². The zero-order chi connectivity index (χ0) is 10.4. The molecule has 1 N–H and O–H groups in total. The van der Waals surface area contributed by atoms with Crippen LogP contribution in [0.4, 0.5) is 0 Å². The third-order valence-electron chi connectivity index (χ3n) is 1.88. The van der Waals surface area contributed by atoms with Gasteiger partial charge in [0.2, 0.25) is 5.91 Å². The van der Waals surface area contributed by atoms with E-state index in [4.69, 9.17) is 0 Å². The first-order chi connectivity index (χ1) is 6.74. The number of carbonyl (C=O) groups is 1. The fourth-order valence-electron chi connectivity index (χ4n) is 1.01. The summed E-state index contributed by atoms with van der Waals surface area (Å²) in [7, 11) is 1.72. The number of carbonyl (C=O) groups excluding carboxylic acids is 1. The van der Waals surface area contributed by atoms with Crippen molar-refractivity contribution in [2.24, 2.45) is 7.05 Å². The second kappa shape index (κ2) is 5.31. The van der Waals surface area contributed by atoms with E-state index >= 15 is 0 Å². The molecule has 1 rings (SSSR count). The summed E-state index contributed by atoms with van der Waals surface area (Å²) in [6.07, 6.45) is 2.32. The van der Waals surface area contributed by atoms with Crippen molar-refractivity contribution in [3.8, 4) is 0 Å². The molecule has 0 radical (unpaired) electrons. The molecular formula is C8H15N5O. The highest BCUT2D eigenvalue weighted by Gasteiger charge is 2.07. The Bertz CT molecular complexity index is 296. The van der Waals surface area contributed by atoms with Crippen LogP contribution in [0.5, 0.6) is 0 Å². The van der Waals surface area contributed by atoms with E-state index in [-0.39, 0.29) is 12.3 Å². The Morgan fingerprint density at radius 1 is 1.57 bits per heavy atom. The molecule has 0 aliphatic carbocycles. The smallest absolute Gasteiger partial charge is 0.227 e. The van der Waals surface area contributed by atoms with E-state index in [0.717, 1.165) is 19.4 Å². The molecule has 0 fully saturated rings. The summed E-state index contributed by atoms with van der Waals surface area (Å²) in [6.45, 7) is 2.80. The van der Waals surface area contributed by atoms with Crippen molar-refractivity contribution in [2.45, 2.75) is 26.2 Å². The second-order valence-electron chi connectivity index (χ2n) is 3.10. The van der Waals surface area contributed by atoms with Gasteiger partial charge in [0.05, 0.1) is 6.42 Å². The van der Waals surface area contributed by atoms with E-state index in [1.165, 1.54) is 4.68 Å². The molecule has 78 valence electrons. The first-order valence-electron chi connectivity index (χ1n) is 4.72. The number of hydrogen-bond acceptors (Lipinski definition) is 4. The first-order valence-corrected chi connectivity index (χ1v) is 4.72. The number of unbranched alkanes of at least 4 members (excludes halogenated alkanes) is 1. The highest BCUT2D eigenvalue weighted by Crippen LogP contribution is 1.90. The first kappa shape index (κ1) is 10.6. The number of tetrazole rings is 1. The third kappa shape index (κ3) is 3.12. The Morgan fingerprint density at radius 2 is 2.36 bits per heavy atom. The maximum Gasteiger partial charge on any atom is 0.227 e. The molecule has 0 spiro atoms. The van der Waals surface area contributed by atoms with Gasteiger partial charge in [-0.05, 0) is 16.8 Å². The number of amides is 1. The van der Waals surface area contributed by atoms with Gasteiger partial charge in [-0.3, -0.25) is 4.79 Å². The van der Waals surface area contributed by atoms with Gasteiger partial charge < -0.3 is 5.32 Å². The van der Waals surface area contributed by atoms with Gasteiger partial charge in [0, 0.05) is 13.6 Å². The average molecular weight is 197 g/mol. The zero-order valence-corrected chi connectivity index (χ0v) is 8.53. The minimum Gasteiger partial charge on any atom is -0.356 e. The summed E-state index contributed by atoms with van der Waals surface area (Å²) in [5.41, 5.74) is 0. The van der Waals surface area contributed by atoms with E-state index in [2.05, 4.69) is 27.8 Å². The Labute approximate surface area is 82.7 Å². The highest BCUT2D eigenvalue weighted by molar-refractivity contribution is 5.77. The van der Waals surface area contributed by atoms with Crippen molar-refractivity contribution in [3.05, 3.63) is 5.82 Å². The second-order valence-corrected chi connectivity index (χ2v) is 3.10. The molecule has 0 saturated carbocycles. The Morgan fingerprint density at radius 3 is 2.93 bits per heavy atom. The van der Waals surface area contributed by atoms with Crippen LogP contribution in [0.3, 0.4) is 0 Å². The van der Waals surface area contributed by atoms with Crippen LogP contribution < -0.4 is 5.32 Å². The molecule has 1 heterocycles. The Hall–Kier alpha value is -1.46. The topological polar surface area (TPSA) is 72.7 Å². The summed E-state index contributed by atoms with van der Waals surface area (Å²) in [4.78, 5) is 11.3. The number of nitrogens with one attached hydrogen (secondary N) is 1. The minimum atomic E-state index is -0.0312. The molecule has 1 amide bonds. The van der Waals surface area contributed by atoms with E-state index in [0.29, 0.717) is 5.82 Å². The molecule has 0 atom stereocenters. The molecule has 6 nitrogen and oxygen atoms in total. The Balaban J connectivity index is 2.31. The monoisotopic (exact) mass is 197 g/mol. The predicted octanol–water partition coefficient (Wildman–Crippen LogP) is -0.331. The van der Waals surface area contributed by atoms with E-state index in [1.807, 2.05) is 0 Å². The summed E-state index contributed by atoms with van der Waals surface area (Å²) in [5, 5.41) is 13.6. The van der Waals surface area contributed by atoms with Crippen LogP contribution in [0.1, 0.15) is 25.6 Å². The van der Waals surface area contributed by atoms with Gasteiger partial charge in [-0.25, -0.2) is 4.68 Å². The summed E-state index contributed by atoms with van der Waals surface area (Å²) < 4.78 is 1.50. The lowest BCUT2D eigenvalue weighted by Gasteiger charge is -2.02. The molecule has 0 bridgehead atoms. The van der Waals surface area contributed by atoms with Gasteiger partial charge in [0.15, 0.2) is 5.82 Å². The maximum absolute atomic E-state index is 11.3. The van der Waals surface area contributed by atoms with Gasteiger partial charge in [-0.1, -0.05) is 13.3 Å². The van der Waals surface area contributed by atoms with Crippen molar-refractivity contribution in [3.63, 3.8) is 0 Å². The summed E-state index contributed by atoms with van der Waals surface area (Å²) >= 11 is 0. The molecule has 0 aromatic carbocycles. The molecule has 0 saturated heterocycles. The predicted molar refractivity (Wildman–Crippen MR) is 50.4 cm³/mol. The number of rotatable bonds is 5. The van der Waals surface area contributed by atoms with E-state index < -0.39 is 0 Å². The quantitative estimate of drug-likeness (QED) is 0.656. The lowest BCUT2D eigenvalue weighted by Crippen LogP contribution is -2.27. The van der Waals surface area contributed by atoms with Crippen molar-refractivity contribution in [2.75, 3.05) is 6.54 Å². The number of hydrogen-bond donors (Lipinski definition) is 1. The average Bonchev–Trinajstić information content (AvgIpc) is 2.52. The van der Waals surface area contributed by atoms with Crippen molar-refractivity contribution < 1.29 is 4.79 Å². The molecule has 0 aliphatic rings. The molecular weight excluding hydrogens is 182 g/mol.